The van der Waals surface area contributed by atoms with Crippen molar-refractivity contribution in [2.75, 3.05) is 10.0 Å². The van der Waals surface area contributed by atoms with Crippen LogP contribution in [0.5, 0.6) is 0 Å². The minimum absolute atomic E-state index is 0.0123. The smallest absolute Gasteiger partial charge is 0.307 e. The molecule has 29 heavy (non-hydrogen) atoms. The molecule has 9 nitrogen and oxygen atoms in total. The number of carbonyl (C=O) groups excluding carboxylic acids is 1. The highest BCUT2D eigenvalue weighted by atomic mass is 32.2. The van der Waals surface area contributed by atoms with Gasteiger partial charge in [-0.3, -0.25) is 9.59 Å². The molecule has 0 saturated heterocycles. The van der Waals surface area contributed by atoms with E-state index in [1.165, 1.54) is 30.5 Å². The normalized spacial score (nSPS) is 19.3. The van der Waals surface area contributed by atoms with E-state index in [-0.39, 0.29) is 16.8 Å². The molecule has 0 bridgehead atoms. The topological polar surface area (TPSA) is 138 Å². The number of aryl methyl sites for hydroxylation is 1. The molecule has 1 amide bonds. The molecule has 154 valence electrons. The standard InChI is InChI=1S/C19H22N4O5S/c1-12-10-11-20-19(21-12)23-29(27,28)14-8-6-13(7-9-14)22-17(24)15-4-2-3-5-16(15)18(25)26/h6-11,15-16H,2-5H2,1H3,(H,22,24)(H,25,26)(H,20,21,23)/t15-,16-/m0/s1. The molecule has 1 aromatic carbocycles. The van der Waals surface area contributed by atoms with Crippen molar-refractivity contribution in [1.82, 2.24) is 9.97 Å². The molecule has 1 aliphatic rings. The lowest BCUT2D eigenvalue weighted by Crippen LogP contribution is -2.36. The van der Waals surface area contributed by atoms with E-state index in [0.29, 0.717) is 24.2 Å². The van der Waals surface area contributed by atoms with Gasteiger partial charge in [0.2, 0.25) is 11.9 Å². The number of carboxylic acids is 1. The summed E-state index contributed by atoms with van der Waals surface area (Å²) in [6, 6.07) is 7.27. The predicted octanol–water partition coefficient (Wildman–Crippen LogP) is 2.42. The van der Waals surface area contributed by atoms with E-state index < -0.39 is 27.8 Å². The van der Waals surface area contributed by atoms with Crippen molar-refractivity contribution in [3.63, 3.8) is 0 Å². The first-order valence-electron chi connectivity index (χ1n) is 9.22. The van der Waals surface area contributed by atoms with Crippen LogP contribution in [0.25, 0.3) is 0 Å². The minimum atomic E-state index is -3.88. The molecule has 2 aromatic rings. The van der Waals surface area contributed by atoms with E-state index >= 15 is 0 Å². The van der Waals surface area contributed by atoms with Crippen LogP contribution in [-0.4, -0.2) is 35.4 Å². The van der Waals surface area contributed by atoms with Crippen LogP contribution in [-0.2, 0) is 19.6 Å². The van der Waals surface area contributed by atoms with Gasteiger partial charge >= 0.3 is 5.97 Å². The number of nitrogens with one attached hydrogen (secondary N) is 2. The fourth-order valence-electron chi connectivity index (χ4n) is 3.37. The predicted molar refractivity (Wildman–Crippen MR) is 106 cm³/mol. The maximum absolute atomic E-state index is 12.5. The van der Waals surface area contributed by atoms with Crippen LogP contribution in [0.3, 0.4) is 0 Å². The zero-order chi connectivity index (χ0) is 21.0. The lowest BCUT2D eigenvalue weighted by Gasteiger charge is -2.27. The van der Waals surface area contributed by atoms with Crippen LogP contribution in [0, 0.1) is 18.8 Å². The number of anilines is 2. The summed E-state index contributed by atoms with van der Waals surface area (Å²) in [6.45, 7) is 1.72. The Balaban J connectivity index is 1.69. The third kappa shape index (κ3) is 5.08. The number of rotatable bonds is 6. The Morgan fingerprint density at radius 2 is 1.72 bits per heavy atom. The first-order chi connectivity index (χ1) is 13.8. The van der Waals surface area contributed by atoms with Crippen LogP contribution < -0.4 is 10.0 Å². The fraction of sp³-hybridized carbons (Fsp3) is 0.368. The average molecular weight is 418 g/mol. The first-order valence-corrected chi connectivity index (χ1v) is 10.7. The highest BCUT2D eigenvalue weighted by Gasteiger charge is 2.35. The van der Waals surface area contributed by atoms with Crippen LogP contribution in [0.2, 0.25) is 0 Å². The van der Waals surface area contributed by atoms with Gasteiger partial charge in [-0.25, -0.2) is 23.1 Å². The van der Waals surface area contributed by atoms with Gasteiger partial charge in [0.05, 0.1) is 16.7 Å². The molecule has 1 heterocycles. The molecule has 0 aliphatic heterocycles. The number of carboxylic acid groups (broad SMARTS) is 1. The number of aromatic nitrogens is 2. The number of carbonyl (C=O) groups is 2. The summed E-state index contributed by atoms with van der Waals surface area (Å²) < 4.78 is 27.2. The second-order valence-electron chi connectivity index (χ2n) is 6.98. The molecule has 0 spiro atoms. The Hall–Kier alpha value is -3.01. The number of nitrogens with zero attached hydrogens (tertiary/aromatic N) is 2. The van der Waals surface area contributed by atoms with Crippen LogP contribution >= 0.6 is 0 Å². The highest BCUT2D eigenvalue weighted by Crippen LogP contribution is 2.31. The molecule has 10 heteroatoms. The summed E-state index contributed by atoms with van der Waals surface area (Å²) in [4.78, 5) is 31.8. The van der Waals surface area contributed by atoms with Crippen molar-refractivity contribution in [2.45, 2.75) is 37.5 Å². The van der Waals surface area contributed by atoms with Gasteiger partial charge in [-0.1, -0.05) is 12.8 Å². The first kappa shape index (κ1) is 20.7. The number of hydrogen-bond acceptors (Lipinski definition) is 6. The average Bonchev–Trinajstić information content (AvgIpc) is 2.68. The number of hydrogen-bond donors (Lipinski definition) is 3. The largest absolute Gasteiger partial charge is 0.481 e. The Morgan fingerprint density at radius 3 is 2.34 bits per heavy atom. The molecule has 3 N–H and O–H groups in total. The summed E-state index contributed by atoms with van der Waals surface area (Å²) in [5.41, 5.74) is 1.02. The summed E-state index contributed by atoms with van der Waals surface area (Å²) in [5.74, 6) is -2.64. The van der Waals surface area contributed by atoms with Gasteiger partial charge in [-0.2, -0.15) is 0 Å². The van der Waals surface area contributed by atoms with Crippen molar-refractivity contribution in [2.24, 2.45) is 11.8 Å². The quantitative estimate of drug-likeness (QED) is 0.655. The lowest BCUT2D eigenvalue weighted by molar-refractivity contribution is -0.147. The van der Waals surface area contributed by atoms with Gasteiger partial charge in [0.15, 0.2) is 0 Å². The SMILES string of the molecule is Cc1ccnc(NS(=O)(=O)c2ccc(NC(=O)[C@H]3CCCC[C@@H]3C(=O)O)cc2)n1. The molecule has 2 atom stereocenters. The molecule has 1 fully saturated rings. The van der Waals surface area contributed by atoms with E-state index in [1.54, 1.807) is 13.0 Å². The third-order valence-electron chi connectivity index (χ3n) is 4.87. The van der Waals surface area contributed by atoms with Crippen LogP contribution in [0.4, 0.5) is 11.6 Å². The van der Waals surface area contributed by atoms with Gasteiger partial charge < -0.3 is 10.4 Å². The minimum Gasteiger partial charge on any atom is -0.481 e. The monoisotopic (exact) mass is 418 g/mol. The Kier molecular flexibility index (Phi) is 6.12. The van der Waals surface area contributed by atoms with Crippen LogP contribution in [0.15, 0.2) is 41.4 Å². The van der Waals surface area contributed by atoms with Gasteiger partial charge in [-0.05, 0) is 50.1 Å². The maximum atomic E-state index is 12.5. The molecule has 0 radical (unpaired) electrons. The highest BCUT2D eigenvalue weighted by molar-refractivity contribution is 7.92. The van der Waals surface area contributed by atoms with Crippen LogP contribution in [0.1, 0.15) is 31.4 Å². The van der Waals surface area contributed by atoms with Gasteiger partial charge in [-0.15, -0.1) is 0 Å². The van der Waals surface area contributed by atoms with Crippen molar-refractivity contribution < 1.29 is 23.1 Å². The van der Waals surface area contributed by atoms with E-state index in [4.69, 9.17) is 0 Å². The van der Waals surface area contributed by atoms with Crippen molar-refractivity contribution in [1.29, 1.82) is 0 Å². The zero-order valence-electron chi connectivity index (χ0n) is 15.8. The van der Waals surface area contributed by atoms with E-state index in [2.05, 4.69) is 20.0 Å². The molecule has 3 rings (SSSR count). The van der Waals surface area contributed by atoms with Gasteiger partial charge in [0, 0.05) is 17.6 Å². The zero-order valence-corrected chi connectivity index (χ0v) is 16.6. The second kappa shape index (κ2) is 8.56. The molecule has 1 saturated carbocycles. The van der Waals surface area contributed by atoms with E-state index in [0.717, 1.165) is 12.8 Å². The van der Waals surface area contributed by atoms with Crippen molar-refractivity contribution >= 4 is 33.5 Å². The number of sulfonamides is 1. The molecular weight excluding hydrogens is 396 g/mol. The summed E-state index contributed by atoms with van der Waals surface area (Å²) >= 11 is 0. The second-order valence-corrected chi connectivity index (χ2v) is 8.66. The molecule has 1 aliphatic carbocycles. The maximum Gasteiger partial charge on any atom is 0.307 e. The Bertz CT molecular complexity index is 1010. The lowest BCUT2D eigenvalue weighted by atomic mass is 9.78. The number of amides is 1. The van der Waals surface area contributed by atoms with E-state index in [1.807, 2.05) is 0 Å². The van der Waals surface area contributed by atoms with Crippen molar-refractivity contribution in [3.8, 4) is 0 Å². The summed E-state index contributed by atoms with van der Waals surface area (Å²) in [5, 5.41) is 12.0. The summed E-state index contributed by atoms with van der Waals surface area (Å²) in [7, 11) is -3.88. The molecule has 1 aromatic heterocycles. The third-order valence-corrected chi connectivity index (χ3v) is 6.22. The molecule has 0 unspecified atom stereocenters. The molecular formula is C19H22N4O5S. The number of aliphatic carboxylic acids is 1. The summed E-state index contributed by atoms with van der Waals surface area (Å²) in [6.07, 6.45) is 4.07. The van der Waals surface area contributed by atoms with Gasteiger partial charge in [0.25, 0.3) is 10.0 Å². The van der Waals surface area contributed by atoms with Crippen molar-refractivity contribution in [3.05, 3.63) is 42.2 Å². The Morgan fingerprint density at radius 1 is 1.07 bits per heavy atom. The van der Waals surface area contributed by atoms with E-state index in [9.17, 15) is 23.1 Å². The number of benzene rings is 1. The Labute approximate surface area is 168 Å². The fourth-order valence-corrected chi connectivity index (χ4v) is 4.32. The van der Waals surface area contributed by atoms with Gasteiger partial charge in [0.1, 0.15) is 0 Å².